The van der Waals surface area contributed by atoms with Crippen LogP contribution in [0, 0.1) is 17.5 Å². The number of hydrogen-bond donors (Lipinski definition) is 0. The zero-order valence-electron chi connectivity index (χ0n) is 9.93. The molecule has 1 unspecified atom stereocenters. The second-order valence-corrected chi connectivity index (χ2v) is 5.23. The maximum Gasteiger partial charge on any atom is 0.224 e. The van der Waals surface area contributed by atoms with Crippen molar-refractivity contribution in [1.82, 2.24) is 9.97 Å². The van der Waals surface area contributed by atoms with Crippen molar-refractivity contribution in [3.05, 3.63) is 56.8 Å². The molecule has 0 aliphatic heterocycles. The van der Waals surface area contributed by atoms with Gasteiger partial charge in [0.2, 0.25) is 5.28 Å². The molecule has 0 N–H and O–H groups in total. The van der Waals surface area contributed by atoms with Crippen molar-refractivity contribution in [2.24, 2.45) is 0 Å². The molecule has 20 heavy (non-hydrogen) atoms. The van der Waals surface area contributed by atoms with Crippen LogP contribution in [-0.4, -0.2) is 9.97 Å². The Balaban J connectivity index is 2.12. The largest absolute Gasteiger partial charge is 0.224 e. The Kier molecular flexibility index (Phi) is 3.34. The smallest absolute Gasteiger partial charge is 0.222 e. The van der Waals surface area contributed by atoms with Gasteiger partial charge in [0.25, 0.3) is 0 Å². The Morgan fingerprint density at radius 2 is 1.70 bits per heavy atom. The van der Waals surface area contributed by atoms with Gasteiger partial charge < -0.3 is 0 Å². The van der Waals surface area contributed by atoms with E-state index in [0.717, 1.165) is 12.1 Å². The Bertz CT molecular complexity index is 683. The lowest BCUT2D eigenvalue weighted by Gasteiger charge is -2.12. The van der Waals surface area contributed by atoms with Gasteiger partial charge in [0.1, 0.15) is 5.15 Å². The number of halogens is 5. The van der Waals surface area contributed by atoms with Crippen LogP contribution >= 0.6 is 23.2 Å². The molecule has 1 heterocycles. The van der Waals surface area contributed by atoms with E-state index in [1.54, 1.807) is 0 Å². The fourth-order valence-electron chi connectivity index (χ4n) is 2.49. The van der Waals surface area contributed by atoms with Gasteiger partial charge in [0.05, 0.1) is 5.69 Å². The highest BCUT2D eigenvalue weighted by Crippen LogP contribution is 2.40. The van der Waals surface area contributed by atoms with Gasteiger partial charge >= 0.3 is 0 Å². The summed E-state index contributed by atoms with van der Waals surface area (Å²) in [7, 11) is 0. The maximum absolute atomic E-state index is 13.3. The second-order valence-electron chi connectivity index (χ2n) is 4.54. The number of nitrogens with zero attached hydrogens (tertiary/aromatic N) is 2. The van der Waals surface area contributed by atoms with E-state index in [4.69, 9.17) is 23.2 Å². The van der Waals surface area contributed by atoms with Gasteiger partial charge in [-0.1, -0.05) is 11.6 Å². The summed E-state index contributed by atoms with van der Waals surface area (Å²) in [4.78, 5) is 7.92. The minimum atomic E-state index is -1.48. The molecule has 1 atom stereocenters. The summed E-state index contributed by atoms with van der Waals surface area (Å²) >= 11 is 11.7. The molecular weight excluding hydrogens is 312 g/mol. The third-order valence-electron chi connectivity index (χ3n) is 3.38. The van der Waals surface area contributed by atoms with Crippen LogP contribution in [0.15, 0.2) is 12.1 Å². The van der Waals surface area contributed by atoms with Gasteiger partial charge in [0.15, 0.2) is 17.5 Å². The van der Waals surface area contributed by atoms with Crippen molar-refractivity contribution in [3.8, 4) is 0 Å². The third-order valence-corrected chi connectivity index (χ3v) is 3.86. The highest BCUT2D eigenvalue weighted by Gasteiger charge is 2.30. The van der Waals surface area contributed by atoms with E-state index >= 15 is 0 Å². The summed E-state index contributed by atoms with van der Waals surface area (Å²) in [6, 6.07) is 1.95. The first-order chi connectivity index (χ1) is 9.47. The van der Waals surface area contributed by atoms with Crippen LogP contribution in [0.25, 0.3) is 0 Å². The van der Waals surface area contributed by atoms with Gasteiger partial charge in [-0.15, -0.1) is 0 Å². The van der Waals surface area contributed by atoms with E-state index in [2.05, 4.69) is 9.97 Å². The van der Waals surface area contributed by atoms with Crippen LogP contribution in [-0.2, 0) is 6.42 Å². The lowest BCUT2D eigenvalue weighted by Crippen LogP contribution is -2.03. The van der Waals surface area contributed by atoms with Crippen molar-refractivity contribution >= 4 is 23.2 Å². The van der Waals surface area contributed by atoms with Gasteiger partial charge in [-0.2, -0.15) is 0 Å². The van der Waals surface area contributed by atoms with E-state index < -0.39 is 17.5 Å². The summed E-state index contributed by atoms with van der Waals surface area (Å²) in [6.07, 6.45) is 1.14. The van der Waals surface area contributed by atoms with Crippen molar-refractivity contribution in [2.75, 3.05) is 0 Å². The average molecular weight is 319 g/mol. The molecule has 0 saturated heterocycles. The molecule has 1 aromatic heterocycles. The Hall–Kier alpha value is -1.33. The SMILES string of the molecule is Fc1cc(C2CCc3c(Cl)nc(Cl)nc32)cc(F)c1F. The molecule has 3 rings (SSSR count). The second kappa shape index (κ2) is 4.90. The topological polar surface area (TPSA) is 25.8 Å². The molecule has 2 aromatic rings. The van der Waals surface area contributed by atoms with Gasteiger partial charge in [-0.3, -0.25) is 0 Å². The normalized spacial score (nSPS) is 17.4. The molecule has 0 spiro atoms. The first-order valence-electron chi connectivity index (χ1n) is 5.83. The highest BCUT2D eigenvalue weighted by molar-refractivity contribution is 6.32. The van der Waals surface area contributed by atoms with Crippen LogP contribution in [0.4, 0.5) is 13.2 Å². The fraction of sp³-hybridized carbons (Fsp3) is 0.231. The van der Waals surface area contributed by atoms with Gasteiger partial charge in [-0.25, -0.2) is 23.1 Å². The minimum Gasteiger partial charge on any atom is -0.222 e. The first-order valence-corrected chi connectivity index (χ1v) is 6.59. The molecule has 0 bridgehead atoms. The summed E-state index contributed by atoms with van der Waals surface area (Å²) in [5, 5.41) is 0.217. The van der Waals surface area contributed by atoms with E-state index in [1.807, 2.05) is 0 Å². The molecule has 0 saturated carbocycles. The van der Waals surface area contributed by atoms with E-state index in [1.165, 1.54) is 0 Å². The van der Waals surface area contributed by atoms with Crippen LogP contribution in [0.1, 0.15) is 29.2 Å². The summed E-state index contributed by atoms with van der Waals surface area (Å²) < 4.78 is 39.7. The summed E-state index contributed by atoms with van der Waals surface area (Å²) in [6.45, 7) is 0. The third kappa shape index (κ3) is 2.15. The quantitative estimate of drug-likeness (QED) is 0.445. The molecule has 1 aliphatic rings. The predicted octanol–water partition coefficient (Wildman–Crippen LogP) is 4.28. The molecule has 1 aliphatic carbocycles. The summed E-state index contributed by atoms with van der Waals surface area (Å²) in [5.41, 5.74) is 1.57. The zero-order chi connectivity index (χ0) is 14.4. The zero-order valence-corrected chi connectivity index (χ0v) is 11.4. The summed E-state index contributed by atoms with van der Waals surface area (Å²) in [5.74, 6) is -4.29. The average Bonchev–Trinajstić information content (AvgIpc) is 2.79. The number of aromatic nitrogens is 2. The van der Waals surface area contributed by atoms with Crippen molar-refractivity contribution in [1.29, 1.82) is 0 Å². The van der Waals surface area contributed by atoms with Gasteiger partial charge in [0, 0.05) is 11.5 Å². The van der Waals surface area contributed by atoms with Crippen molar-refractivity contribution in [3.63, 3.8) is 0 Å². The molecule has 0 radical (unpaired) electrons. The van der Waals surface area contributed by atoms with E-state index in [9.17, 15) is 13.2 Å². The van der Waals surface area contributed by atoms with E-state index in [0.29, 0.717) is 29.7 Å². The molecule has 104 valence electrons. The molecule has 7 heteroatoms. The maximum atomic E-state index is 13.3. The fourth-order valence-corrected chi connectivity index (χ4v) is 2.98. The van der Waals surface area contributed by atoms with Crippen LogP contribution in [0.5, 0.6) is 0 Å². The van der Waals surface area contributed by atoms with Crippen molar-refractivity contribution < 1.29 is 13.2 Å². The Morgan fingerprint density at radius 3 is 2.35 bits per heavy atom. The highest BCUT2D eigenvalue weighted by atomic mass is 35.5. The molecule has 0 amide bonds. The number of benzene rings is 1. The number of hydrogen-bond acceptors (Lipinski definition) is 2. The van der Waals surface area contributed by atoms with Crippen LogP contribution in [0.3, 0.4) is 0 Å². The lowest BCUT2D eigenvalue weighted by atomic mass is 9.96. The minimum absolute atomic E-state index is 0.0243. The van der Waals surface area contributed by atoms with Crippen LogP contribution in [0.2, 0.25) is 10.4 Å². The molecular formula is C13H7Cl2F3N2. The Morgan fingerprint density at radius 1 is 1.05 bits per heavy atom. The van der Waals surface area contributed by atoms with Crippen LogP contribution < -0.4 is 0 Å². The Labute approximate surface area is 122 Å². The van der Waals surface area contributed by atoms with E-state index in [-0.39, 0.29) is 16.4 Å². The molecule has 1 aromatic carbocycles. The lowest BCUT2D eigenvalue weighted by molar-refractivity contribution is 0.444. The molecule has 0 fully saturated rings. The van der Waals surface area contributed by atoms with Gasteiger partial charge in [-0.05, 0) is 42.1 Å². The predicted molar refractivity (Wildman–Crippen MR) is 68.5 cm³/mol. The first kappa shape index (κ1) is 13.6. The monoisotopic (exact) mass is 318 g/mol. The van der Waals surface area contributed by atoms with Crippen molar-refractivity contribution in [2.45, 2.75) is 18.8 Å². The molecule has 2 nitrogen and oxygen atoms in total. The number of rotatable bonds is 1. The number of fused-ring (bicyclic) bond motifs is 1. The standard InChI is InChI=1S/C13H7Cl2F3N2/c14-12-7-2-1-6(11(7)19-13(15)20-12)5-3-8(16)10(18)9(17)4-5/h3-4,6H,1-2H2.